The molecule has 0 aromatic heterocycles. The molecule has 1 aliphatic rings. The van der Waals surface area contributed by atoms with Gasteiger partial charge < -0.3 is 5.11 Å². The predicted molar refractivity (Wildman–Crippen MR) is 138 cm³/mol. The van der Waals surface area contributed by atoms with Crippen molar-refractivity contribution in [3.8, 4) is 0 Å². The molecule has 3 heteroatoms. The van der Waals surface area contributed by atoms with E-state index in [-0.39, 0.29) is 6.23 Å². The van der Waals surface area contributed by atoms with E-state index >= 15 is 0 Å². The Morgan fingerprint density at radius 1 is 0.774 bits per heavy atom. The van der Waals surface area contributed by atoms with Gasteiger partial charge in [0, 0.05) is 13.3 Å². The Bertz CT molecular complexity index is 472. The topological polar surface area (TPSA) is 32.6 Å². The first-order valence-corrected chi connectivity index (χ1v) is 13.9. The molecule has 1 N–H and O–H groups in total. The zero-order valence-electron chi connectivity index (χ0n) is 21.4. The van der Waals surface area contributed by atoms with Crippen LogP contribution < -0.4 is 0 Å². The van der Waals surface area contributed by atoms with Crippen LogP contribution in [0.1, 0.15) is 136 Å². The molecule has 1 rings (SSSR count). The maximum atomic E-state index is 10.2. The lowest BCUT2D eigenvalue weighted by atomic mass is 10.0. The van der Waals surface area contributed by atoms with Crippen LogP contribution in [-0.4, -0.2) is 41.3 Å². The number of likely N-dealkylation sites (N-methyl/N-ethyl adjacent to an activating group) is 1. The van der Waals surface area contributed by atoms with E-state index in [1.807, 2.05) is 6.92 Å². The van der Waals surface area contributed by atoms with Gasteiger partial charge in [0.1, 0.15) is 6.54 Å². The van der Waals surface area contributed by atoms with Crippen LogP contribution in [0.25, 0.3) is 0 Å². The fraction of sp³-hybridized carbons (Fsp3) is 0.893. The summed E-state index contributed by atoms with van der Waals surface area (Å²) in [5.74, 6) is 1.25. The fourth-order valence-corrected chi connectivity index (χ4v) is 4.98. The number of quaternary nitrogens is 1. The van der Waals surface area contributed by atoms with Crippen LogP contribution >= 0.6 is 0 Å². The Labute approximate surface area is 195 Å². The van der Waals surface area contributed by atoms with E-state index in [4.69, 9.17) is 4.99 Å². The zero-order chi connectivity index (χ0) is 22.6. The van der Waals surface area contributed by atoms with Crippen molar-refractivity contribution >= 4 is 5.84 Å². The van der Waals surface area contributed by atoms with Crippen molar-refractivity contribution in [1.29, 1.82) is 0 Å². The van der Waals surface area contributed by atoms with Gasteiger partial charge in [0.05, 0.1) is 13.1 Å². The minimum atomic E-state index is -0.316. The Morgan fingerprint density at radius 2 is 1.26 bits per heavy atom. The monoisotopic (exact) mass is 435 g/mol. The van der Waals surface area contributed by atoms with Crippen LogP contribution in [0.5, 0.6) is 0 Å². The summed E-state index contributed by atoms with van der Waals surface area (Å²) in [7, 11) is 0. The van der Waals surface area contributed by atoms with Gasteiger partial charge in [-0.1, -0.05) is 103 Å². The van der Waals surface area contributed by atoms with Crippen LogP contribution in [0.4, 0.5) is 0 Å². The maximum Gasteiger partial charge on any atom is 0.200 e. The smallest absolute Gasteiger partial charge is 0.200 e. The van der Waals surface area contributed by atoms with Gasteiger partial charge in [0.25, 0.3) is 0 Å². The highest BCUT2D eigenvalue weighted by molar-refractivity contribution is 5.76. The molecule has 3 nitrogen and oxygen atoms in total. The Morgan fingerprint density at radius 3 is 1.74 bits per heavy atom. The molecular formula is C28H55N2O+. The molecular weight excluding hydrogens is 380 g/mol. The summed E-state index contributed by atoms with van der Waals surface area (Å²) in [4.78, 5) is 4.72. The van der Waals surface area contributed by atoms with Crippen molar-refractivity contribution in [2.75, 3.05) is 19.6 Å². The number of hydrogen-bond acceptors (Lipinski definition) is 2. The molecule has 0 aromatic carbocycles. The van der Waals surface area contributed by atoms with Gasteiger partial charge in [-0.25, -0.2) is 4.99 Å². The van der Waals surface area contributed by atoms with Crippen LogP contribution in [0.2, 0.25) is 0 Å². The number of aliphatic imine (C=N–C) groups is 1. The molecule has 1 aliphatic heterocycles. The predicted octanol–water partition coefficient (Wildman–Crippen LogP) is 8.17. The first kappa shape index (κ1) is 28.4. The third kappa shape index (κ3) is 12.2. The SMILES string of the molecule is CCCC/C=C/CCCCCCCCCCCCCCCC1=NCC[N+]1(CC)C(C)O. The van der Waals surface area contributed by atoms with E-state index in [0.29, 0.717) is 0 Å². The van der Waals surface area contributed by atoms with E-state index in [2.05, 4.69) is 26.0 Å². The summed E-state index contributed by atoms with van der Waals surface area (Å²) >= 11 is 0. The van der Waals surface area contributed by atoms with Gasteiger partial charge in [-0.05, 0) is 32.6 Å². The third-order valence-corrected chi connectivity index (χ3v) is 7.25. The molecule has 0 bridgehead atoms. The zero-order valence-corrected chi connectivity index (χ0v) is 21.4. The number of unbranched alkanes of at least 4 members (excludes halogenated alkanes) is 15. The minimum absolute atomic E-state index is 0.316. The number of allylic oxidation sites excluding steroid dienone is 2. The van der Waals surface area contributed by atoms with Crippen LogP contribution in [0.3, 0.4) is 0 Å². The normalized spacial score (nSPS) is 19.9. The standard InChI is InChI=1S/C28H55N2O/c1-4-6-7-8-9-10-11-12-13-14-15-16-17-18-19-20-21-22-23-24-28-29-25-26-30(28,5-2)27(3)31/h8-9,27,31H,4-7,10-26H2,1-3H3/q+1/b9-8+. The number of hydrogen-bond donors (Lipinski definition) is 1. The summed E-state index contributed by atoms with van der Waals surface area (Å²) in [6, 6.07) is 0. The number of nitrogens with zero attached hydrogens (tertiary/aromatic N) is 2. The lowest BCUT2D eigenvalue weighted by Crippen LogP contribution is -2.56. The van der Waals surface area contributed by atoms with Crippen molar-refractivity contribution in [2.45, 2.75) is 143 Å². The highest BCUT2D eigenvalue weighted by Crippen LogP contribution is 2.23. The average Bonchev–Trinajstić information content (AvgIpc) is 3.19. The molecule has 31 heavy (non-hydrogen) atoms. The summed E-state index contributed by atoms with van der Waals surface area (Å²) in [6.45, 7) is 9.22. The van der Waals surface area contributed by atoms with Crippen molar-refractivity contribution < 1.29 is 9.59 Å². The molecule has 182 valence electrons. The summed E-state index contributed by atoms with van der Waals surface area (Å²) in [5, 5.41) is 10.2. The average molecular weight is 436 g/mol. The van der Waals surface area contributed by atoms with E-state index < -0.39 is 0 Å². The largest absolute Gasteiger partial charge is 0.345 e. The Hall–Kier alpha value is -0.670. The van der Waals surface area contributed by atoms with E-state index in [9.17, 15) is 5.11 Å². The molecule has 0 saturated carbocycles. The second-order valence-corrected chi connectivity index (χ2v) is 9.75. The van der Waals surface area contributed by atoms with E-state index in [1.54, 1.807) is 0 Å². The maximum absolute atomic E-state index is 10.2. The van der Waals surface area contributed by atoms with Gasteiger partial charge in [0.15, 0.2) is 6.23 Å². The molecule has 0 amide bonds. The first-order chi connectivity index (χ1) is 15.2. The van der Waals surface area contributed by atoms with Crippen molar-refractivity contribution in [3.63, 3.8) is 0 Å². The molecule has 0 saturated heterocycles. The Kier molecular flexibility index (Phi) is 17.3. The highest BCUT2D eigenvalue weighted by atomic mass is 16.3. The molecule has 2 unspecified atom stereocenters. The second kappa shape index (κ2) is 18.9. The van der Waals surface area contributed by atoms with Gasteiger partial charge >= 0.3 is 0 Å². The van der Waals surface area contributed by atoms with Crippen LogP contribution in [-0.2, 0) is 0 Å². The molecule has 0 radical (unpaired) electrons. The third-order valence-electron chi connectivity index (χ3n) is 7.25. The summed E-state index contributed by atoms with van der Waals surface area (Å²) < 4.78 is 0.718. The van der Waals surface area contributed by atoms with Crippen molar-refractivity contribution in [3.05, 3.63) is 12.2 Å². The number of aliphatic hydroxyl groups excluding tert-OH is 1. The lowest BCUT2D eigenvalue weighted by Gasteiger charge is -2.36. The van der Waals surface area contributed by atoms with Gasteiger partial charge in [0.2, 0.25) is 5.84 Å². The number of rotatable bonds is 21. The van der Waals surface area contributed by atoms with E-state index in [1.165, 1.54) is 115 Å². The van der Waals surface area contributed by atoms with Gasteiger partial charge in [-0.3, -0.25) is 4.48 Å². The number of aliphatic hydroxyl groups is 1. The van der Waals surface area contributed by atoms with Crippen molar-refractivity contribution in [2.24, 2.45) is 4.99 Å². The quantitative estimate of drug-likeness (QED) is 0.110. The second-order valence-electron chi connectivity index (χ2n) is 9.75. The molecule has 0 aromatic rings. The van der Waals surface area contributed by atoms with Crippen molar-refractivity contribution in [1.82, 2.24) is 0 Å². The molecule has 2 atom stereocenters. The minimum Gasteiger partial charge on any atom is -0.345 e. The molecule has 0 spiro atoms. The molecule has 0 aliphatic carbocycles. The summed E-state index contributed by atoms with van der Waals surface area (Å²) in [5.41, 5.74) is 0. The Balaban J connectivity index is 1.84. The molecule has 1 heterocycles. The number of amidine groups is 1. The van der Waals surface area contributed by atoms with Crippen LogP contribution in [0.15, 0.2) is 17.1 Å². The first-order valence-electron chi connectivity index (χ1n) is 13.9. The molecule has 0 fully saturated rings. The van der Waals surface area contributed by atoms with Crippen LogP contribution in [0, 0.1) is 0 Å². The van der Waals surface area contributed by atoms with Gasteiger partial charge in [-0.2, -0.15) is 0 Å². The summed E-state index contributed by atoms with van der Waals surface area (Å²) in [6.07, 6.45) is 28.9. The van der Waals surface area contributed by atoms with E-state index in [0.717, 1.165) is 30.5 Å². The lowest BCUT2D eigenvalue weighted by molar-refractivity contribution is -0.882. The fourth-order valence-electron chi connectivity index (χ4n) is 4.98. The van der Waals surface area contributed by atoms with Gasteiger partial charge in [-0.15, -0.1) is 0 Å². The highest BCUT2D eigenvalue weighted by Gasteiger charge is 2.40.